The van der Waals surface area contributed by atoms with Crippen molar-refractivity contribution < 1.29 is 19.2 Å². The van der Waals surface area contributed by atoms with Crippen molar-refractivity contribution in [2.24, 2.45) is 5.92 Å². The minimum atomic E-state index is -1.34. The Morgan fingerprint density at radius 3 is 2.25 bits per heavy atom. The minimum absolute atomic E-state index is 0.0242. The first-order valence-electron chi connectivity index (χ1n) is 9.02. The van der Waals surface area contributed by atoms with Crippen LogP contribution in [0.4, 0.5) is 0 Å². The monoisotopic (exact) mass is 400 g/mol. The third-order valence-electron chi connectivity index (χ3n) is 4.02. The molecule has 148 valence electrons. The third kappa shape index (κ3) is 5.60. The van der Waals surface area contributed by atoms with Gasteiger partial charge in [-0.05, 0) is 29.9 Å². The van der Waals surface area contributed by atoms with Gasteiger partial charge in [-0.25, -0.2) is 0 Å². The number of nitrogens with one attached hydrogen (secondary N) is 1. The molecule has 0 radical (unpaired) electrons. The summed E-state index contributed by atoms with van der Waals surface area (Å²) in [5.74, 6) is -2.66. The summed E-state index contributed by atoms with van der Waals surface area (Å²) in [4.78, 5) is 51.8. The van der Waals surface area contributed by atoms with Crippen LogP contribution >= 0.6 is 11.3 Å². The molecule has 0 saturated heterocycles. The van der Waals surface area contributed by atoms with E-state index in [1.807, 2.05) is 44.2 Å². The number of amides is 2. The third-order valence-corrected chi connectivity index (χ3v) is 4.89. The first-order valence-corrected chi connectivity index (χ1v) is 9.90. The van der Waals surface area contributed by atoms with Crippen LogP contribution in [0.5, 0.6) is 0 Å². The molecule has 0 saturated carbocycles. The summed E-state index contributed by atoms with van der Waals surface area (Å²) < 4.78 is 0. The minimum Gasteiger partial charge on any atom is -0.350 e. The van der Waals surface area contributed by atoms with Crippen molar-refractivity contribution in [3.8, 4) is 0 Å². The molecular weight excluding hydrogens is 376 g/mol. The molecule has 0 aliphatic carbocycles. The van der Waals surface area contributed by atoms with Gasteiger partial charge in [0.05, 0.1) is 4.88 Å². The number of nitrogens with zero attached hydrogens (tertiary/aromatic N) is 1. The predicted molar refractivity (Wildman–Crippen MR) is 108 cm³/mol. The predicted octanol–water partition coefficient (Wildman–Crippen LogP) is 2.69. The fourth-order valence-corrected chi connectivity index (χ4v) is 3.43. The van der Waals surface area contributed by atoms with Crippen LogP contribution in [0, 0.1) is 5.92 Å². The quantitative estimate of drug-likeness (QED) is 0.398. The molecule has 2 aromatic rings. The fraction of sp³-hybridized carbons (Fsp3) is 0.333. The van der Waals surface area contributed by atoms with E-state index in [9.17, 15) is 19.2 Å². The molecule has 0 aliphatic heterocycles. The Balaban J connectivity index is 2.23. The van der Waals surface area contributed by atoms with Crippen LogP contribution in [0.3, 0.4) is 0 Å². The van der Waals surface area contributed by atoms with E-state index >= 15 is 0 Å². The second kappa shape index (κ2) is 9.94. The van der Waals surface area contributed by atoms with Crippen LogP contribution in [-0.2, 0) is 20.9 Å². The Morgan fingerprint density at radius 1 is 1.04 bits per heavy atom. The summed E-state index contributed by atoms with van der Waals surface area (Å²) in [5.41, 5.74) is 0.870. The van der Waals surface area contributed by atoms with E-state index in [1.165, 1.54) is 6.92 Å². The summed E-state index contributed by atoms with van der Waals surface area (Å²) in [7, 11) is 0. The summed E-state index contributed by atoms with van der Waals surface area (Å²) >= 11 is 1.15. The number of hydrogen-bond acceptors (Lipinski definition) is 5. The average molecular weight is 401 g/mol. The van der Waals surface area contributed by atoms with Gasteiger partial charge < -0.3 is 10.2 Å². The lowest BCUT2D eigenvalue weighted by atomic mass is 10.1. The van der Waals surface area contributed by atoms with Gasteiger partial charge in [0.25, 0.3) is 17.6 Å². The SMILES string of the molecule is CC(=O)C(C(=O)NCc1ccccc1)N(CC(C)C)C(=O)C(=O)c1cccs1. The molecule has 1 aromatic heterocycles. The van der Waals surface area contributed by atoms with E-state index in [2.05, 4.69) is 5.32 Å². The van der Waals surface area contributed by atoms with Gasteiger partial charge in [-0.3, -0.25) is 19.2 Å². The molecule has 0 bridgehead atoms. The zero-order valence-electron chi connectivity index (χ0n) is 16.2. The molecule has 6 nitrogen and oxygen atoms in total. The normalized spacial score (nSPS) is 11.7. The number of carbonyl (C=O) groups excluding carboxylic acids is 4. The standard InChI is InChI=1S/C21H24N2O4S/c1-14(2)13-23(21(27)19(25)17-10-7-11-28-17)18(15(3)24)20(26)22-12-16-8-5-4-6-9-16/h4-11,14,18H,12-13H2,1-3H3,(H,22,26). The lowest BCUT2D eigenvalue weighted by Gasteiger charge is -2.30. The van der Waals surface area contributed by atoms with Crippen molar-refractivity contribution in [2.45, 2.75) is 33.4 Å². The number of benzene rings is 1. The Morgan fingerprint density at radius 2 is 1.71 bits per heavy atom. The van der Waals surface area contributed by atoms with Gasteiger partial charge >= 0.3 is 0 Å². The zero-order chi connectivity index (χ0) is 20.7. The maximum absolute atomic E-state index is 12.9. The highest BCUT2D eigenvalue weighted by Gasteiger charge is 2.37. The van der Waals surface area contributed by atoms with Gasteiger partial charge in [-0.2, -0.15) is 0 Å². The van der Waals surface area contributed by atoms with Crippen molar-refractivity contribution in [3.63, 3.8) is 0 Å². The summed E-state index contributed by atoms with van der Waals surface area (Å²) in [6.07, 6.45) is 0. The van der Waals surface area contributed by atoms with Crippen LogP contribution in [0.15, 0.2) is 47.8 Å². The van der Waals surface area contributed by atoms with Crippen LogP contribution in [-0.4, -0.2) is 40.9 Å². The number of carbonyl (C=O) groups is 4. The van der Waals surface area contributed by atoms with E-state index < -0.39 is 29.4 Å². The smallest absolute Gasteiger partial charge is 0.296 e. The van der Waals surface area contributed by atoms with Crippen LogP contribution < -0.4 is 5.32 Å². The topological polar surface area (TPSA) is 83.6 Å². The molecule has 1 aromatic carbocycles. The van der Waals surface area contributed by atoms with Crippen molar-refractivity contribution in [3.05, 3.63) is 58.3 Å². The fourth-order valence-electron chi connectivity index (χ4n) is 2.77. The van der Waals surface area contributed by atoms with E-state index in [0.29, 0.717) is 0 Å². The summed E-state index contributed by atoms with van der Waals surface area (Å²) in [6.45, 7) is 5.32. The molecule has 1 unspecified atom stereocenters. The number of thiophene rings is 1. The molecule has 0 spiro atoms. The largest absolute Gasteiger partial charge is 0.350 e. The van der Waals surface area contributed by atoms with E-state index in [1.54, 1.807) is 17.5 Å². The average Bonchev–Trinajstić information content (AvgIpc) is 3.19. The highest BCUT2D eigenvalue weighted by atomic mass is 32.1. The van der Waals surface area contributed by atoms with Crippen LogP contribution in [0.25, 0.3) is 0 Å². The van der Waals surface area contributed by atoms with Crippen molar-refractivity contribution in [1.29, 1.82) is 0 Å². The van der Waals surface area contributed by atoms with Gasteiger partial charge in [0.15, 0.2) is 11.8 Å². The number of hydrogen-bond donors (Lipinski definition) is 1. The van der Waals surface area contributed by atoms with E-state index in [0.717, 1.165) is 21.8 Å². The van der Waals surface area contributed by atoms with Crippen LogP contribution in [0.2, 0.25) is 0 Å². The molecule has 1 heterocycles. The van der Waals surface area contributed by atoms with Gasteiger partial charge in [-0.1, -0.05) is 50.2 Å². The number of ketones is 2. The van der Waals surface area contributed by atoms with Crippen molar-refractivity contribution in [2.75, 3.05) is 6.54 Å². The van der Waals surface area contributed by atoms with Gasteiger partial charge in [0, 0.05) is 13.1 Å². The lowest BCUT2D eigenvalue weighted by Crippen LogP contribution is -2.55. The molecule has 0 aliphatic rings. The lowest BCUT2D eigenvalue weighted by molar-refractivity contribution is -0.143. The molecule has 0 fully saturated rings. The Kier molecular flexibility index (Phi) is 7.63. The number of rotatable bonds is 9. The highest BCUT2D eigenvalue weighted by molar-refractivity contribution is 7.13. The van der Waals surface area contributed by atoms with E-state index in [-0.39, 0.29) is 23.9 Å². The van der Waals surface area contributed by atoms with Crippen molar-refractivity contribution >= 4 is 34.7 Å². The first kappa shape index (κ1) is 21.5. The van der Waals surface area contributed by atoms with Gasteiger partial charge in [0.1, 0.15) is 0 Å². The summed E-state index contributed by atoms with van der Waals surface area (Å²) in [6, 6.07) is 11.1. The van der Waals surface area contributed by atoms with Gasteiger partial charge in [-0.15, -0.1) is 11.3 Å². The maximum atomic E-state index is 12.9. The Hall–Kier alpha value is -2.80. The molecule has 2 amide bonds. The Labute approximate surface area is 168 Å². The second-order valence-corrected chi connectivity index (χ2v) is 7.82. The van der Waals surface area contributed by atoms with Crippen LogP contribution in [0.1, 0.15) is 36.0 Å². The molecule has 7 heteroatoms. The van der Waals surface area contributed by atoms with E-state index in [4.69, 9.17) is 0 Å². The second-order valence-electron chi connectivity index (χ2n) is 6.87. The van der Waals surface area contributed by atoms with Gasteiger partial charge in [0.2, 0.25) is 0 Å². The Bertz CT molecular complexity index is 831. The molecular formula is C21H24N2O4S. The molecule has 1 atom stereocenters. The van der Waals surface area contributed by atoms with Crippen molar-refractivity contribution in [1.82, 2.24) is 10.2 Å². The summed E-state index contributed by atoms with van der Waals surface area (Å²) in [5, 5.41) is 4.40. The highest BCUT2D eigenvalue weighted by Crippen LogP contribution is 2.15. The maximum Gasteiger partial charge on any atom is 0.296 e. The number of Topliss-reactive ketones (excluding diaryl/α,β-unsaturated/α-hetero) is 2. The zero-order valence-corrected chi connectivity index (χ0v) is 17.0. The molecule has 1 N–H and O–H groups in total. The first-order chi connectivity index (χ1) is 13.3. The molecule has 28 heavy (non-hydrogen) atoms. The molecule has 2 rings (SSSR count).